The maximum absolute atomic E-state index is 12.2. The van der Waals surface area contributed by atoms with Crippen molar-refractivity contribution in [3.05, 3.63) is 70.2 Å². The number of hydrogen-bond acceptors (Lipinski definition) is 5. The Bertz CT molecular complexity index is 1390. The molecule has 37 heavy (non-hydrogen) atoms. The van der Waals surface area contributed by atoms with Crippen molar-refractivity contribution in [1.29, 1.82) is 0 Å². The summed E-state index contributed by atoms with van der Waals surface area (Å²) in [6.45, 7) is 3.38. The van der Waals surface area contributed by atoms with Crippen molar-refractivity contribution in [3.63, 3.8) is 0 Å². The Labute approximate surface area is 225 Å². The van der Waals surface area contributed by atoms with E-state index in [0.717, 1.165) is 53.8 Å². The number of H-pyrrole nitrogens is 1. The van der Waals surface area contributed by atoms with E-state index in [9.17, 15) is 4.79 Å². The first-order valence-corrected chi connectivity index (χ1v) is 12.9. The van der Waals surface area contributed by atoms with Crippen molar-refractivity contribution in [2.24, 2.45) is 0 Å². The van der Waals surface area contributed by atoms with E-state index in [4.69, 9.17) is 32.9 Å². The van der Waals surface area contributed by atoms with Gasteiger partial charge in [0.15, 0.2) is 0 Å². The van der Waals surface area contributed by atoms with Crippen LogP contribution in [0.1, 0.15) is 43.0 Å². The van der Waals surface area contributed by atoms with Crippen molar-refractivity contribution < 1.29 is 9.53 Å². The number of likely N-dealkylation sites (tertiary alicyclic amines) is 1. The Hall–Kier alpha value is -3.36. The van der Waals surface area contributed by atoms with E-state index in [2.05, 4.69) is 27.3 Å². The Balaban J connectivity index is 1.32. The first kappa shape index (κ1) is 25.3. The van der Waals surface area contributed by atoms with Gasteiger partial charge in [0.25, 0.3) is 0 Å². The SMILES string of the molecule is C[C@@H](Oc1ccc2[nH]nc(-c3ccc(C4CCN(C(=O)N(C)C)CC4)nc3)c2c1)c1c(Cl)cncc1Cl. The third-order valence-electron chi connectivity index (χ3n) is 6.77. The van der Waals surface area contributed by atoms with Crippen LogP contribution in [0.4, 0.5) is 4.79 Å². The molecule has 1 aromatic carbocycles. The first-order chi connectivity index (χ1) is 17.8. The van der Waals surface area contributed by atoms with Crippen LogP contribution in [0, 0.1) is 0 Å². The molecule has 2 amide bonds. The topological polar surface area (TPSA) is 87.2 Å². The quantitative estimate of drug-likeness (QED) is 0.320. The second-order valence-corrected chi connectivity index (χ2v) is 10.3. The minimum absolute atomic E-state index is 0.0666. The molecule has 4 heterocycles. The van der Waals surface area contributed by atoms with Crippen LogP contribution in [-0.4, -0.2) is 63.2 Å². The molecule has 1 aliphatic heterocycles. The molecular weight excluding hydrogens is 511 g/mol. The second-order valence-electron chi connectivity index (χ2n) is 9.47. The highest BCUT2D eigenvalue weighted by Gasteiger charge is 2.25. The van der Waals surface area contributed by atoms with Crippen molar-refractivity contribution in [2.75, 3.05) is 27.2 Å². The largest absolute Gasteiger partial charge is 0.486 e. The molecule has 8 nitrogen and oxygen atoms in total. The van der Waals surface area contributed by atoms with E-state index in [1.54, 1.807) is 31.4 Å². The molecule has 10 heteroatoms. The number of aromatic nitrogens is 4. The van der Waals surface area contributed by atoms with Crippen LogP contribution in [0.2, 0.25) is 10.0 Å². The molecule has 1 N–H and O–H groups in total. The maximum atomic E-state index is 12.2. The van der Waals surface area contributed by atoms with E-state index in [1.165, 1.54) is 0 Å². The normalized spacial score (nSPS) is 15.1. The lowest BCUT2D eigenvalue weighted by Crippen LogP contribution is -2.43. The van der Waals surface area contributed by atoms with Gasteiger partial charge in [0, 0.05) is 73.9 Å². The second kappa shape index (κ2) is 10.6. The molecule has 3 aromatic heterocycles. The van der Waals surface area contributed by atoms with Crippen molar-refractivity contribution in [1.82, 2.24) is 30.0 Å². The zero-order valence-corrected chi connectivity index (χ0v) is 22.4. The fourth-order valence-corrected chi connectivity index (χ4v) is 5.47. The molecule has 192 valence electrons. The van der Waals surface area contributed by atoms with Gasteiger partial charge in [0.1, 0.15) is 17.5 Å². The number of urea groups is 1. The summed E-state index contributed by atoms with van der Waals surface area (Å²) in [5, 5.41) is 9.50. The molecule has 4 aromatic rings. The fourth-order valence-electron chi connectivity index (χ4n) is 4.80. The van der Waals surface area contributed by atoms with Crippen molar-refractivity contribution in [2.45, 2.75) is 31.8 Å². The van der Waals surface area contributed by atoms with E-state index in [0.29, 0.717) is 27.3 Å². The highest BCUT2D eigenvalue weighted by molar-refractivity contribution is 6.35. The highest BCUT2D eigenvalue weighted by atomic mass is 35.5. The molecule has 1 aliphatic rings. The summed E-state index contributed by atoms with van der Waals surface area (Å²) in [6, 6.07) is 9.98. The fraction of sp³-hybridized carbons (Fsp3) is 0.333. The molecular formula is C27H28Cl2N6O2. The van der Waals surface area contributed by atoms with Crippen LogP contribution in [0.3, 0.4) is 0 Å². The van der Waals surface area contributed by atoms with Gasteiger partial charge in [0.2, 0.25) is 0 Å². The number of benzene rings is 1. The zero-order chi connectivity index (χ0) is 26.1. The van der Waals surface area contributed by atoms with Gasteiger partial charge < -0.3 is 14.5 Å². The molecule has 0 bridgehead atoms. The number of halogens is 2. The van der Waals surface area contributed by atoms with Gasteiger partial charge >= 0.3 is 6.03 Å². The van der Waals surface area contributed by atoms with Crippen LogP contribution < -0.4 is 4.74 Å². The predicted molar refractivity (Wildman–Crippen MR) is 145 cm³/mol. The number of hydrogen-bond donors (Lipinski definition) is 1. The number of carbonyl (C=O) groups is 1. The summed E-state index contributed by atoms with van der Waals surface area (Å²) in [4.78, 5) is 24.5. The molecule has 1 saturated heterocycles. The molecule has 0 spiro atoms. The number of carbonyl (C=O) groups excluding carboxylic acids is 1. The van der Waals surface area contributed by atoms with Gasteiger partial charge in [-0.1, -0.05) is 23.2 Å². The lowest BCUT2D eigenvalue weighted by atomic mass is 9.93. The number of ether oxygens (including phenoxy) is 1. The van der Waals surface area contributed by atoms with Crippen molar-refractivity contribution >= 4 is 40.1 Å². The van der Waals surface area contributed by atoms with Gasteiger partial charge in [0.05, 0.1) is 15.6 Å². The van der Waals surface area contributed by atoms with E-state index in [-0.39, 0.29) is 12.1 Å². The molecule has 0 unspecified atom stereocenters. The summed E-state index contributed by atoms with van der Waals surface area (Å²) < 4.78 is 6.18. The zero-order valence-electron chi connectivity index (χ0n) is 20.9. The Morgan fingerprint density at radius 1 is 1.11 bits per heavy atom. The van der Waals surface area contributed by atoms with Gasteiger partial charge in [-0.05, 0) is 50.1 Å². The molecule has 0 radical (unpaired) electrons. The summed E-state index contributed by atoms with van der Waals surface area (Å²) in [6.07, 6.45) is 6.43. The molecule has 0 aliphatic carbocycles. The third kappa shape index (κ3) is 5.22. The smallest absolute Gasteiger partial charge is 0.319 e. The molecule has 0 saturated carbocycles. The summed E-state index contributed by atoms with van der Waals surface area (Å²) >= 11 is 12.6. The minimum Gasteiger partial charge on any atom is -0.486 e. The number of nitrogens with one attached hydrogen (secondary N) is 1. The maximum Gasteiger partial charge on any atom is 0.319 e. The van der Waals surface area contributed by atoms with Crippen molar-refractivity contribution in [3.8, 4) is 17.0 Å². The third-order valence-corrected chi connectivity index (χ3v) is 7.37. The van der Waals surface area contributed by atoms with E-state index in [1.807, 2.05) is 36.2 Å². The number of fused-ring (bicyclic) bond motifs is 1. The van der Waals surface area contributed by atoms with Crippen LogP contribution in [0.5, 0.6) is 5.75 Å². The van der Waals surface area contributed by atoms with Gasteiger partial charge in [-0.15, -0.1) is 0 Å². The first-order valence-electron chi connectivity index (χ1n) is 12.2. The highest BCUT2D eigenvalue weighted by Crippen LogP contribution is 2.35. The average molecular weight is 539 g/mol. The van der Waals surface area contributed by atoms with Crippen LogP contribution >= 0.6 is 23.2 Å². The average Bonchev–Trinajstić information content (AvgIpc) is 3.31. The lowest BCUT2D eigenvalue weighted by Gasteiger charge is -2.33. The lowest BCUT2D eigenvalue weighted by molar-refractivity contribution is 0.156. The van der Waals surface area contributed by atoms with Gasteiger partial charge in [-0.25, -0.2) is 4.79 Å². The molecule has 1 atom stereocenters. The standard InChI is InChI=1S/C27H28Cl2N6O2/c1-16(25-21(28)14-30-15-22(25)29)37-19-5-7-24-20(12-19)26(33-32-24)18-4-6-23(31-13-18)17-8-10-35(11-9-17)27(36)34(2)3/h4-7,12-17H,8-11H2,1-3H3,(H,32,33)/t16-/m1/s1. The summed E-state index contributed by atoms with van der Waals surface area (Å²) in [7, 11) is 3.57. The number of aromatic amines is 1. The number of amides is 2. The predicted octanol–water partition coefficient (Wildman–Crippen LogP) is 6.33. The van der Waals surface area contributed by atoms with Gasteiger partial charge in [-0.3, -0.25) is 15.1 Å². The van der Waals surface area contributed by atoms with E-state index < -0.39 is 0 Å². The molecule has 5 rings (SSSR count). The molecule has 1 fully saturated rings. The van der Waals surface area contributed by atoms with Crippen LogP contribution in [0.15, 0.2) is 48.9 Å². The van der Waals surface area contributed by atoms with Crippen LogP contribution in [0.25, 0.3) is 22.2 Å². The minimum atomic E-state index is -0.365. The Kier molecular flexibility index (Phi) is 7.22. The van der Waals surface area contributed by atoms with Crippen LogP contribution in [-0.2, 0) is 0 Å². The summed E-state index contributed by atoms with van der Waals surface area (Å²) in [5.41, 5.74) is 4.36. The monoisotopic (exact) mass is 538 g/mol. The summed E-state index contributed by atoms with van der Waals surface area (Å²) in [5.74, 6) is 1.01. The number of rotatable bonds is 5. The number of piperidine rings is 1. The van der Waals surface area contributed by atoms with E-state index >= 15 is 0 Å². The Morgan fingerprint density at radius 3 is 2.49 bits per heavy atom. The van der Waals surface area contributed by atoms with Gasteiger partial charge in [-0.2, -0.15) is 5.10 Å². The number of nitrogens with zero attached hydrogens (tertiary/aromatic N) is 5. The Morgan fingerprint density at radius 2 is 1.84 bits per heavy atom. The number of pyridine rings is 2.